The zero-order chi connectivity index (χ0) is 17.6. The lowest BCUT2D eigenvalue weighted by Crippen LogP contribution is -2.46. The van der Waals surface area contributed by atoms with Crippen molar-refractivity contribution in [3.8, 4) is 0 Å². The number of halogens is 1. The van der Waals surface area contributed by atoms with Gasteiger partial charge in [0.25, 0.3) is 0 Å². The van der Waals surface area contributed by atoms with Crippen molar-refractivity contribution in [2.75, 3.05) is 31.6 Å². The average molecular weight is 370 g/mol. The normalized spacial score (nSPS) is 15.8. The molecule has 2 rings (SSSR count). The number of carbonyl (C=O) groups is 2. The average Bonchev–Trinajstić information content (AvgIpc) is 2.60. The standard InChI is InChI=1S/C18H27N3O3.ClH/c1-3-21(14(2)22)12-15-5-4-6-16(11-15)20-17(23)18(13-19)7-9-24-10-8-18;/h4-6,11H,3,7-10,12-13,19H2,1-2H3,(H,20,23);1H. The molecule has 1 heterocycles. The van der Waals surface area contributed by atoms with Crippen LogP contribution in [0.25, 0.3) is 0 Å². The minimum atomic E-state index is -0.552. The van der Waals surface area contributed by atoms with E-state index >= 15 is 0 Å². The summed E-state index contributed by atoms with van der Waals surface area (Å²) < 4.78 is 5.35. The number of amides is 2. The molecule has 140 valence electrons. The zero-order valence-corrected chi connectivity index (χ0v) is 15.7. The van der Waals surface area contributed by atoms with Gasteiger partial charge in [-0.15, -0.1) is 12.4 Å². The molecule has 3 N–H and O–H groups in total. The molecule has 0 atom stereocenters. The first-order chi connectivity index (χ1) is 11.5. The SMILES string of the molecule is CCN(Cc1cccc(NC(=O)C2(CN)CCOCC2)c1)C(C)=O.Cl. The predicted octanol–water partition coefficient (Wildman–Crippen LogP) is 2.17. The highest BCUT2D eigenvalue weighted by molar-refractivity contribution is 5.95. The zero-order valence-electron chi connectivity index (χ0n) is 14.9. The Morgan fingerprint density at radius 3 is 2.56 bits per heavy atom. The Morgan fingerprint density at radius 2 is 2.00 bits per heavy atom. The van der Waals surface area contributed by atoms with Gasteiger partial charge in [0.1, 0.15) is 0 Å². The maximum Gasteiger partial charge on any atom is 0.232 e. The van der Waals surface area contributed by atoms with Gasteiger partial charge in [0.05, 0.1) is 5.41 Å². The van der Waals surface area contributed by atoms with E-state index < -0.39 is 5.41 Å². The number of hydrogen-bond donors (Lipinski definition) is 2. The van der Waals surface area contributed by atoms with Crippen molar-refractivity contribution in [2.24, 2.45) is 11.1 Å². The van der Waals surface area contributed by atoms with Crippen LogP contribution in [0.2, 0.25) is 0 Å². The largest absolute Gasteiger partial charge is 0.381 e. The van der Waals surface area contributed by atoms with Gasteiger partial charge < -0.3 is 20.7 Å². The van der Waals surface area contributed by atoms with Crippen LogP contribution in [-0.2, 0) is 20.9 Å². The number of ether oxygens (including phenoxy) is 1. The van der Waals surface area contributed by atoms with Gasteiger partial charge in [-0.05, 0) is 37.5 Å². The molecule has 1 aliphatic rings. The van der Waals surface area contributed by atoms with E-state index in [0.29, 0.717) is 45.7 Å². The number of nitrogens with two attached hydrogens (primary N) is 1. The van der Waals surface area contributed by atoms with E-state index in [1.54, 1.807) is 11.8 Å². The predicted molar refractivity (Wildman–Crippen MR) is 101 cm³/mol. The summed E-state index contributed by atoms with van der Waals surface area (Å²) in [6.07, 6.45) is 1.28. The van der Waals surface area contributed by atoms with Crippen molar-refractivity contribution in [3.05, 3.63) is 29.8 Å². The molecule has 25 heavy (non-hydrogen) atoms. The molecular formula is C18H28ClN3O3. The second kappa shape index (κ2) is 9.75. The molecule has 1 fully saturated rings. The Kier molecular flexibility index (Phi) is 8.35. The van der Waals surface area contributed by atoms with Crippen molar-refractivity contribution >= 4 is 29.9 Å². The summed E-state index contributed by atoms with van der Waals surface area (Å²) in [6.45, 7) is 6.14. The number of rotatable bonds is 6. The summed E-state index contributed by atoms with van der Waals surface area (Å²) in [5, 5.41) is 2.99. The summed E-state index contributed by atoms with van der Waals surface area (Å²) in [6, 6.07) is 7.61. The maximum absolute atomic E-state index is 12.7. The quantitative estimate of drug-likeness (QED) is 0.804. The van der Waals surface area contributed by atoms with Crippen molar-refractivity contribution in [3.63, 3.8) is 0 Å². The summed E-state index contributed by atoms with van der Waals surface area (Å²) in [4.78, 5) is 26.0. The number of nitrogens with one attached hydrogen (secondary N) is 1. The van der Waals surface area contributed by atoms with Gasteiger partial charge >= 0.3 is 0 Å². The molecule has 1 aliphatic heterocycles. The Bertz CT molecular complexity index is 589. The topological polar surface area (TPSA) is 84.7 Å². The van der Waals surface area contributed by atoms with E-state index in [4.69, 9.17) is 10.5 Å². The lowest BCUT2D eigenvalue weighted by molar-refractivity contribution is -0.130. The smallest absolute Gasteiger partial charge is 0.232 e. The Labute approximate surface area is 155 Å². The molecule has 6 nitrogen and oxygen atoms in total. The second-order valence-electron chi connectivity index (χ2n) is 6.28. The molecule has 0 aliphatic carbocycles. The highest BCUT2D eigenvalue weighted by atomic mass is 35.5. The van der Waals surface area contributed by atoms with Gasteiger partial charge in [-0.3, -0.25) is 9.59 Å². The third-order valence-electron chi connectivity index (χ3n) is 4.71. The third kappa shape index (κ3) is 5.42. The Morgan fingerprint density at radius 1 is 1.32 bits per heavy atom. The number of anilines is 1. The molecule has 7 heteroatoms. The first-order valence-electron chi connectivity index (χ1n) is 8.44. The maximum atomic E-state index is 12.7. The number of benzene rings is 1. The number of nitrogens with zero attached hydrogens (tertiary/aromatic N) is 1. The van der Waals surface area contributed by atoms with Crippen molar-refractivity contribution < 1.29 is 14.3 Å². The van der Waals surface area contributed by atoms with E-state index in [0.717, 1.165) is 11.3 Å². The Balaban J connectivity index is 0.00000312. The summed E-state index contributed by atoms with van der Waals surface area (Å²) >= 11 is 0. The molecular weight excluding hydrogens is 342 g/mol. The van der Waals surface area contributed by atoms with Crippen LogP contribution >= 0.6 is 12.4 Å². The first-order valence-corrected chi connectivity index (χ1v) is 8.44. The molecule has 1 aromatic rings. The van der Waals surface area contributed by atoms with Gasteiger partial charge in [0.15, 0.2) is 0 Å². The Hall–Kier alpha value is -1.63. The molecule has 0 bridgehead atoms. The minimum Gasteiger partial charge on any atom is -0.381 e. The fourth-order valence-corrected chi connectivity index (χ4v) is 2.96. The van der Waals surface area contributed by atoms with E-state index in [1.165, 1.54) is 0 Å². The molecule has 0 radical (unpaired) electrons. The number of carbonyl (C=O) groups excluding carboxylic acids is 2. The van der Waals surface area contributed by atoms with E-state index in [9.17, 15) is 9.59 Å². The molecule has 1 aromatic carbocycles. The first kappa shape index (κ1) is 21.4. The number of hydrogen-bond acceptors (Lipinski definition) is 4. The van der Waals surface area contributed by atoms with E-state index in [1.807, 2.05) is 31.2 Å². The van der Waals surface area contributed by atoms with Gasteiger partial charge in [0.2, 0.25) is 11.8 Å². The molecule has 2 amide bonds. The molecule has 0 aromatic heterocycles. The summed E-state index contributed by atoms with van der Waals surface area (Å²) in [5.41, 5.74) is 7.04. The molecule has 0 unspecified atom stereocenters. The fraction of sp³-hybridized carbons (Fsp3) is 0.556. The highest BCUT2D eigenvalue weighted by Crippen LogP contribution is 2.31. The highest BCUT2D eigenvalue weighted by Gasteiger charge is 2.38. The monoisotopic (exact) mass is 369 g/mol. The van der Waals surface area contributed by atoms with Gasteiger partial charge in [-0.25, -0.2) is 0 Å². The van der Waals surface area contributed by atoms with E-state index in [2.05, 4.69) is 5.32 Å². The van der Waals surface area contributed by atoms with Gasteiger partial charge in [-0.1, -0.05) is 12.1 Å². The summed E-state index contributed by atoms with van der Waals surface area (Å²) in [7, 11) is 0. The van der Waals surface area contributed by atoms with Crippen LogP contribution in [0.5, 0.6) is 0 Å². The van der Waals surface area contributed by atoms with Gasteiger partial charge in [0, 0.05) is 45.5 Å². The molecule has 0 saturated carbocycles. The van der Waals surface area contributed by atoms with Crippen LogP contribution in [0.1, 0.15) is 32.3 Å². The molecule has 0 spiro atoms. The van der Waals surface area contributed by atoms with Crippen molar-refractivity contribution in [2.45, 2.75) is 33.2 Å². The van der Waals surface area contributed by atoms with Crippen molar-refractivity contribution in [1.29, 1.82) is 0 Å². The van der Waals surface area contributed by atoms with Crippen LogP contribution < -0.4 is 11.1 Å². The van der Waals surface area contributed by atoms with E-state index in [-0.39, 0.29) is 24.2 Å². The lowest BCUT2D eigenvalue weighted by Gasteiger charge is -2.34. The van der Waals surface area contributed by atoms with Crippen molar-refractivity contribution in [1.82, 2.24) is 4.90 Å². The van der Waals surface area contributed by atoms with Gasteiger partial charge in [-0.2, -0.15) is 0 Å². The van der Waals surface area contributed by atoms with Crippen LogP contribution in [0.15, 0.2) is 24.3 Å². The van der Waals surface area contributed by atoms with Crippen LogP contribution in [0.4, 0.5) is 5.69 Å². The third-order valence-corrected chi connectivity index (χ3v) is 4.71. The fourth-order valence-electron chi connectivity index (χ4n) is 2.96. The lowest BCUT2D eigenvalue weighted by atomic mass is 9.79. The molecule has 1 saturated heterocycles. The van der Waals surface area contributed by atoms with Crippen LogP contribution in [0, 0.1) is 5.41 Å². The minimum absolute atomic E-state index is 0. The van der Waals surface area contributed by atoms with Crippen LogP contribution in [0.3, 0.4) is 0 Å². The second-order valence-corrected chi connectivity index (χ2v) is 6.28. The summed E-state index contributed by atoms with van der Waals surface area (Å²) in [5.74, 6) is -0.0133. The van der Waals surface area contributed by atoms with Crippen LogP contribution in [-0.4, -0.2) is 43.0 Å².